The van der Waals surface area contributed by atoms with Crippen LogP contribution in [-0.2, 0) is 11.8 Å². The van der Waals surface area contributed by atoms with E-state index in [4.69, 9.17) is 0 Å². The summed E-state index contributed by atoms with van der Waals surface area (Å²) < 4.78 is 0. The topological polar surface area (TPSA) is 33.7 Å². The van der Waals surface area contributed by atoms with Gasteiger partial charge in [0, 0.05) is 66.8 Å². The number of nitrogens with one attached hydrogen (secondary N) is 3. The Kier molecular flexibility index (Phi) is 6.29. The Morgan fingerprint density at radius 1 is 0.974 bits per heavy atom. The van der Waals surface area contributed by atoms with E-state index in [0.29, 0.717) is 0 Å². The molecule has 0 bridgehead atoms. The lowest BCUT2D eigenvalue weighted by molar-refractivity contribution is -0.741. The second kappa shape index (κ2) is 9.77. The predicted molar refractivity (Wildman–Crippen MR) is 157 cm³/mol. The Balaban J connectivity index is 1.36. The third-order valence-corrected chi connectivity index (χ3v) is 8.25. The summed E-state index contributed by atoms with van der Waals surface area (Å²) >= 11 is 0. The number of nitrogens with zero attached hydrogens (tertiary/aromatic N) is 1. The molecule has 1 aliphatic carbocycles. The SMILES string of the molecule is CN(C)C1=C[NH+](C2=C(/C=C/C3=[NH+]c4ccccc4C3(C)C)CCC/C2=C\C=C2/Cc3ccccc3N2)C=C1. The number of allylic oxidation sites excluding steroid dienone is 8. The van der Waals surface area contributed by atoms with Gasteiger partial charge in [0.05, 0.1) is 11.1 Å². The van der Waals surface area contributed by atoms with Gasteiger partial charge in [-0.1, -0.05) is 42.5 Å². The normalized spacial score (nSPS) is 23.6. The maximum atomic E-state index is 3.69. The van der Waals surface area contributed by atoms with Crippen LogP contribution in [0.4, 0.5) is 11.4 Å². The van der Waals surface area contributed by atoms with E-state index >= 15 is 0 Å². The zero-order valence-corrected chi connectivity index (χ0v) is 22.9. The molecule has 192 valence electrons. The average Bonchev–Trinajstić information content (AvgIpc) is 3.62. The predicted octanol–water partition coefficient (Wildman–Crippen LogP) is 4.42. The van der Waals surface area contributed by atoms with Gasteiger partial charge in [0.1, 0.15) is 18.1 Å². The van der Waals surface area contributed by atoms with E-state index in [0.717, 1.165) is 19.3 Å². The van der Waals surface area contributed by atoms with Crippen molar-refractivity contribution in [1.29, 1.82) is 0 Å². The number of anilines is 1. The molecule has 3 N–H and O–H groups in total. The van der Waals surface area contributed by atoms with Crippen LogP contribution >= 0.6 is 0 Å². The van der Waals surface area contributed by atoms with Crippen molar-refractivity contribution < 1.29 is 9.89 Å². The maximum Gasteiger partial charge on any atom is 0.208 e. The fourth-order valence-corrected chi connectivity index (χ4v) is 6.03. The van der Waals surface area contributed by atoms with Gasteiger partial charge < -0.3 is 10.2 Å². The summed E-state index contributed by atoms with van der Waals surface area (Å²) in [5, 5.41) is 3.61. The fourth-order valence-electron chi connectivity index (χ4n) is 6.03. The first kappa shape index (κ1) is 24.4. The zero-order valence-electron chi connectivity index (χ0n) is 22.9. The van der Waals surface area contributed by atoms with Gasteiger partial charge in [-0.25, -0.2) is 9.89 Å². The first-order valence-corrected chi connectivity index (χ1v) is 13.7. The summed E-state index contributed by atoms with van der Waals surface area (Å²) in [6.45, 7) is 4.62. The molecule has 4 heteroatoms. The van der Waals surface area contributed by atoms with Crippen LogP contribution < -0.4 is 15.2 Å². The Labute approximate surface area is 226 Å². The molecule has 0 radical (unpaired) electrons. The number of rotatable bonds is 5. The molecule has 0 spiro atoms. The summed E-state index contributed by atoms with van der Waals surface area (Å²) in [5.74, 6) is 0. The third kappa shape index (κ3) is 4.50. The summed E-state index contributed by atoms with van der Waals surface area (Å²) in [5.41, 5.74) is 13.2. The summed E-state index contributed by atoms with van der Waals surface area (Å²) in [7, 11) is 4.23. The molecule has 38 heavy (non-hydrogen) atoms. The molecule has 0 saturated carbocycles. The highest BCUT2D eigenvalue weighted by Crippen LogP contribution is 2.33. The van der Waals surface area contributed by atoms with Crippen molar-refractivity contribution in [2.75, 3.05) is 19.4 Å². The van der Waals surface area contributed by atoms with E-state index in [2.05, 4.69) is 134 Å². The standard InChI is InChI=1S/C34H36N4/c1-34(2)29-13-6-8-15-31(29)36-32(34)19-17-25-12-9-11-24(33(25)38-21-20-28(23-38)37(3)4)16-18-27-22-26-10-5-7-14-30(26)35-27/h5-8,10,13-21,23,35H,9,11-12,22H2,1-4H3/p+2/b19-17+,24-16+,27-18+. The van der Waals surface area contributed by atoms with Gasteiger partial charge in [0.15, 0.2) is 5.71 Å². The number of hydrogen-bond donors (Lipinski definition) is 3. The Morgan fingerprint density at radius 3 is 2.58 bits per heavy atom. The monoisotopic (exact) mass is 502 g/mol. The Morgan fingerprint density at radius 2 is 1.79 bits per heavy atom. The van der Waals surface area contributed by atoms with Gasteiger partial charge in [-0.15, -0.1) is 0 Å². The minimum absolute atomic E-state index is 0.0346. The van der Waals surface area contributed by atoms with Crippen LogP contribution in [0.1, 0.15) is 44.2 Å². The van der Waals surface area contributed by atoms with Gasteiger partial charge >= 0.3 is 0 Å². The molecule has 4 nitrogen and oxygen atoms in total. The minimum Gasteiger partial charge on any atom is -0.373 e. The Hall–Kier alpha value is -3.89. The number of likely N-dealkylation sites (N-methyl/N-ethyl adjacent to an activating group) is 1. The molecule has 2 aromatic carbocycles. The smallest absolute Gasteiger partial charge is 0.208 e. The van der Waals surface area contributed by atoms with E-state index in [1.165, 1.54) is 67.8 Å². The van der Waals surface area contributed by atoms with E-state index < -0.39 is 0 Å². The highest BCUT2D eigenvalue weighted by atomic mass is 15.2. The van der Waals surface area contributed by atoms with Crippen molar-refractivity contribution in [2.24, 2.45) is 0 Å². The van der Waals surface area contributed by atoms with Crippen LogP contribution in [0.15, 0.2) is 120 Å². The first-order valence-electron chi connectivity index (χ1n) is 13.7. The zero-order chi connectivity index (χ0) is 26.3. The first-order chi connectivity index (χ1) is 18.4. The minimum atomic E-state index is -0.0346. The van der Waals surface area contributed by atoms with Crippen molar-refractivity contribution in [1.82, 2.24) is 4.90 Å². The van der Waals surface area contributed by atoms with Crippen LogP contribution in [0, 0.1) is 0 Å². The quantitative estimate of drug-likeness (QED) is 0.566. The second-order valence-electron chi connectivity index (χ2n) is 11.4. The molecule has 3 heterocycles. The molecule has 2 aromatic rings. The van der Waals surface area contributed by atoms with Crippen molar-refractivity contribution in [3.05, 3.63) is 131 Å². The van der Waals surface area contributed by atoms with Gasteiger partial charge in [0.25, 0.3) is 0 Å². The molecule has 3 aliphatic heterocycles. The molecule has 0 saturated heterocycles. The summed E-state index contributed by atoms with van der Waals surface area (Å²) in [6.07, 6.45) is 20.5. The lowest BCUT2D eigenvalue weighted by Gasteiger charge is -2.23. The molecule has 1 atom stereocenters. The van der Waals surface area contributed by atoms with Gasteiger partial charge in [-0.3, -0.25) is 0 Å². The number of hydrogen-bond acceptors (Lipinski definition) is 2. The average molecular weight is 503 g/mol. The van der Waals surface area contributed by atoms with Crippen molar-refractivity contribution in [2.45, 2.75) is 44.9 Å². The maximum absolute atomic E-state index is 3.69. The van der Waals surface area contributed by atoms with Gasteiger partial charge in [-0.05, 0) is 56.9 Å². The molecule has 0 aromatic heterocycles. The lowest BCUT2D eigenvalue weighted by atomic mass is 9.81. The number of para-hydroxylation sites is 2. The molecule has 0 fully saturated rings. The van der Waals surface area contributed by atoms with Crippen molar-refractivity contribution >= 4 is 17.1 Å². The van der Waals surface area contributed by atoms with Crippen molar-refractivity contribution in [3.8, 4) is 0 Å². The van der Waals surface area contributed by atoms with E-state index in [-0.39, 0.29) is 5.41 Å². The lowest BCUT2D eigenvalue weighted by Crippen LogP contribution is -3.00. The van der Waals surface area contributed by atoms with Crippen LogP contribution in [0.3, 0.4) is 0 Å². The van der Waals surface area contributed by atoms with Crippen LogP contribution in [0.25, 0.3) is 0 Å². The molecule has 6 rings (SSSR count). The molecule has 4 aliphatic rings. The molecule has 1 unspecified atom stereocenters. The summed E-state index contributed by atoms with van der Waals surface area (Å²) in [6, 6.07) is 17.3. The largest absolute Gasteiger partial charge is 0.373 e. The number of quaternary nitrogens is 1. The Bertz CT molecular complexity index is 1460. The third-order valence-electron chi connectivity index (χ3n) is 8.25. The van der Waals surface area contributed by atoms with Gasteiger partial charge in [0.2, 0.25) is 5.69 Å². The van der Waals surface area contributed by atoms with Crippen molar-refractivity contribution in [3.63, 3.8) is 0 Å². The molecular formula is C34H38N4+2. The van der Waals surface area contributed by atoms with Crippen LogP contribution in [0.5, 0.6) is 0 Å². The summed E-state index contributed by atoms with van der Waals surface area (Å²) in [4.78, 5) is 7.19. The number of benzene rings is 2. The van der Waals surface area contributed by atoms with E-state index in [1.807, 2.05) is 0 Å². The highest BCUT2D eigenvalue weighted by Gasteiger charge is 2.39. The molecule has 0 amide bonds. The second-order valence-corrected chi connectivity index (χ2v) is 11.4. The highest BCUT2D eigenvalue weighted by molar-refractivity contribution is 6.02. The van der Waals surface area contributed by atoms with Gasteiger partial charge in [-0.2, -0.15) is 0 Å². The van der Waals surface area contributed by atoms with Crippen LogP contribution in [0.2, 0.25) is 0 Å². The molecular weight excluding hydrogens is 464 g/mol. The van der Waals surface area contributed by atoms with Crippen LogP contribution in [-0.4, -0.2) is 24.7 Å². The van der Waals surface area contributed by atoms with E-state index in [9.17, 15) is 0 Å². The fraction of sp³-hybridized carbons (Fsp3) is 0.265. The van der Waals surface area contributed by atoms with E-state index in [1.54, 1.807) is 0 Å². The number of fused-ring (bicyclic) bond motifs is 2.